The molecule has 0 fully saturated rings. The molecule has 4 heteroatoms. The van der Waals surface area contributed by atoms with Crippen LogP contribution in [0.1, 0.15) is 18.9 Å². The topological polar surface area (TPSA) is 26.0 Å². The quantitative estimate of drug-likeness (QED) is 0.839. The van der Waals surface area contributed by atoms with E-state index in [4.69, 9.17) is 5.73 Å². The summed E-state index contributed by atoms with van der Waals surface area (Å²) in [5.74, 6) is -3.78. The molecule has 0 amide bonds. The first-order valence-corrected chi connectivity index (χ1v) is 6.47. The highest BCUT2D eigenvalue weighted by Crippen LogP contribution is 2.26. The van der Waals surface area contributed by atoms with Crippen LogP contribution >= 0.6 is 0 Å². The Balaban J connectivity index is 2.34. The van der Waals surface area contributed by atoms with Crippen molar-refractivity contribution in [3.63, 3.8) is 0 Å². The number of benzene rings is 2. The molecule has 2 aromatic rings. The minimum absolute atomic E-state index is 0.0616. The Kier molecular flexibility index (Phi) is 4.45. The van der Waals surface area contributed by atoms with Crippen LogP contribution in [0.25, 0.3) is 11.1 Å². The molecule has 106 valence electrons. The third-order valence-electron chi connectivity index (χ3n) is 3.16. The summed E-state index contributed by atoms with van der Waals surface area (Å²) >= 11 is 0. The van der Waals surface area contributed by atoms with Crippen molar-refractivity contribution in [3.05, 3.63) is 59.4 Å². The van der Waals surface area contributed by atoms with Gasteiger partial charge in [0, 0.05) is 11.6 Å². The molecule has 1 unspecified atom stereocenters. The van der Waals surface area contributed by atoms with Crippen LogP contribution < -0.4 is 5.73 Å². The van der Waals surface area contributed by atoms with Gasteiger partial charge in [-0.05, 0) is 43.0 Å². The van der Waals surface area contributed by atoms with E-state index in [1.807, 2.05) is 13.0 Å². The van der Waals surface area contributed by atoms with E-state index >= 15 is 0 Å². The zero-order valence-corrected chi connectivity index (χ0v) is 11.2. The molecule has 1 atom stereocenters. The molecule has 0 aliphatic carbocycles. The van der Waals surface area contributed by atoms with Gasteiger partial charge in [-0.15, -0.1) is 0 Å². The SMILES string of the molecule is CC(N)CCc1cccc(-c2ccc(F)c(F)c2F)c1. The molecule has 0 saturated carbocycles. The normalized spacial score (nSPS) is 12.4. The van der Waals surface area contributed by atoms with E-state index in [2.05, 4.69) is 0 Å². The van der Waals surface area contributed by atoms with E-state index in [1.165, 1.54) is 6.07 Å². The van der Waals surface area contributed by atoms with Gasteiger partial charge in [-0.3, -0.25) is 0 Å². The van der Waals surface area contributed by atoms with Crippen molar-refractivity contribution in [2.24, 2.45) is 5.73 Å². The average Bonchev–Trinajstić information content (AvgIpc) is 2.43. The van der Waals surface area contributed by atoms with Gasteiger partial charge in [0.1, 0.15) is 0 Å². The zero-order chi connectivity index (χ0) is 14.7. The van der Waals surface area contributed by atoms with Gasteiger partial charge < -0.3 is 5.73 Å². The summed E-state index contributed by atoms with van der Waals surface area (Å²) in [6, 6.07) is 9.39. The van der Waals surface area contributed by atoms with Crippen LogP contribution in [0.3, 0.4) is 0 Å². The summed E-state index contributed by atoms with van der Waals surface area (Å²) in [4.78, 5) is 0. The van der Waals surface area contributed by atoms with Crippen molar-refractivity contribution < 1.29 is 13.2 Å². The predicted molar refractivity (Wildman–Crippen MR) is 73.7 cm³/mol. The minimum Gasteiger partial charge on any atom is -0.328 e. The maximum Gasteiger partial charge on any atom is 0.195 e. The van der Waals surface area contributed by atoms with E-state index in [9.17, 15) is 13.2 Å². The Bertz CT molecular complexity index is 609. The first-order chi connectivity index (χ1) is 9.49. The number of aryl methyl sites for hydroxylation is 1. The van der Waals surface area contributed by atoms with Crippen LogP contribution in [0.4, 0.5) is 13.2 Å². The van der Waals surface area contributed by atoms with Crippen molar-refractivity contribution in [2.45, 2.75) is 25.8 Å². The fraction of sp³-hybridized carbons (Fsp3) is 0.250. The Morgan fingerprint density at radius 1 is 1.05 bits per heavy atom. The molecule has 2 aromatic carbocycles. The van der Waals surface area contributed by atoms with Crippen molar-refractivity contribution in [2.75, 3.05) is 0 Å². The first kappa shape index (κ1) is 14.6. The van der Waals surface area contributed by atoms with Crippen LogP contribution in [0.2, 0.25) is 0 Å². The van der Waals surface area contributed by atoms with Crippen molar-refractivity contribution in [3.8, 4) is 11.1 Å². The van der Waals surface area contributed by atoms with Crippen LogP contribution in [-0.2, 0) is 6.42 Å². The van der Waals surface area contributed by atoms with E-state index in [0.29, 0.717) is 5.56 Å². The monoisotopic (exact) mass is 279 g/mol. The van der Waals surface area contributed by atoms with E-state index in [-0.39, 0.29) is 11.6 Å². The Morgan fingerprint density at radius 3 is 2.50 bits per heavy atom. The van der Waals surface area contributed by atoms with Gasteiger partial charge in [-0.2, -0.15) is 0 Å². The molecule has 0 aliphatic heterocycles. The predicted octanol–water partition coefficient (Wildman–Crippen LogP) is 4.05. The number of halogens is 3. The van der Waals surface area contributed by atoms with Gasteiger partial charge >= 0.3 is 0 Å². The Hall–Kier alpha value is -1.81. The van der Waals surface area contributed by atoms with Gasteiger partial charge in [0.05, 0.1) is 0 Å². The van der Waals surface area contributed by atoms with Crippen molar-refractivity contribution >= 4 is 0 Å². The number of nitrogens with two attached hydrogens (primary N) is 1. The maximum absolute atomic E-state index is 13.8. The number of hydrogen-bond acceptors (Lipinski definition) is 1. The molecule has 20 heavy (non-hydrogen) atoms. The third-order valence-corrected chi connectivity index (χ3v) is 3.16. The molecule has 2 N–H and O–H groups in total. The Morgan fingerprint density at radius 2 is 1.80 bits per heavy atom. The highest BCUT2D eigenvalue weighted by atomic mass is 19.2. The van der Waals surface area contributed by atoms with Crippen LogP contribution in [0.5, 0.6) is 0 Å². The second-order valence-corrected chi connectivity index (χ2v) is 4.94. The molecular weight excluding hydrogens is 263 g/mol. The van der Waals surface area contributed by atoms with E-state index in [1.54, 1.807) is 18.2 Å². The molecule has 0 radical (unpaired) electrons. The van der Waals surface area contributed by atoms with Crippen LogP contribution in [-0.4, -0.2) is 6.04 Å². The number of hydrogen-bond donors (Lipinski definition) is 1. The van der Waals surface area contributed by atoms with Crippen LogP contribution in [0, 0.1) is 17.5 Å². The summed E-state index contributed by atoms with van der Waals surface area (Å²) in [5, 5.41) is 0. The van der Waals surface area contributed by atoms with Crippen LogP contribution in [0.15, 0.2) is 36.4 Å². The summed E-state index contributed by atoms with van der Waals surface area (Å²) in [6.07, 6.45) is 1.57. The first-order valence-electron chi connectivity index (χ1n) is 6.47. The fourth-order valence-electron chi connectivity index (χ4n) is 2.04. The molecule has 1 nitrogen and oxygen atoms in total. The lowest BCUT2D eigenvalue weighted by molar-refractivity contribution is 0.449. The second kappa shape index (κ2) is 6.09. The standard InChI is InChI=1S/C16H16F3N/c1-10(20)5-6-11-3-2-4-12(9-11)13-7-8-14(17)16(19)15(13)18/h2-4,7-10H,5-6,20H2,1H3. The third kappa shape index (κ3) is 3.20. The summed E-state index contributed by atoms with van der Waals surface area (Å²) in [7, 11) is 0. The summed E-state index contributed by atoms with van der Waals surface area (Å²) in [5.41, 5.74) is 7.28. The van der Waals surface area contributed by atoms with E-state index < -0.39 is 17.5 Å². The highest BCUT2D eigenvalue weighted by Gasteiger charge is 2.14. The lowest BCUT2D eigenvalue weighted by atomic mass is 9.99. The lowest BCUT2D eigenvalue weighted by Crippen LogP contribution is -2.15. The van der Waals surface area contributed by atoms with Gasteiger partial charge in [0.15, 0.2) is 17.5 Å². The molecule has 0 heterocycles. The van der Waals surface area contributed by atoms with E-state index in [0.717, 1.165) is 24.5 Å². The smallest absolute Gasteiger partial charge is 0.195 e. The molecule has 0 aromatic heterocycles. The van der Waals surface area contributed by atoms with Gasteiger partial charge in [0.2, 0.25) is 0 Å². The van der Waals surface area contributed by atoms with Gasteiger partial charge in [-0.25, -0.2) is 13.2 Å². The maximum atomic E-state index is 13.8. The average molecular weight is 279 g/mol. The van der Waals surface area contributed by atoms with Crippen molar-refractivity contribution in [1.29, 1.82) is 0 Å². The number of rotatable bonds is 4. The Labute approximate surface area is 116 Å². The minimum atomic E-state index is -1.44. The molecule has 0 spiro atoms. The molecule has 0 aliphatic rings. The molecule has 2 rings (SSSR count). The summed E-state index contributed by atoms with van der Waals surface area (Å²) < 4.78 is 40.0. The molecule has 0 bridgehead atoms. The van der Waals surface area contributed by atoms with Gasteiger partial charge in [0.25, 0.3) is 0 Å². The molecular formula is C16H16F3N. The van der Waals surface area contributed by atoms with Crippen molar-refractivity contribution in [1.82, 2.24) is 0 Å². The lowest BCUT2D eigenvalue weighted by Gasteiger charge is -2.09. The summed E-state index contributed by atoms with van der Waals surface area (Å²) in [6.45, 7) is 1.92. The fourth-order valence-corrected chi connectivity index (χ4v) is 2.04. The second-order valence-electron chi connectivity index (χ2n) is 4.94. The van der Waals surface area contributed by atoms with Gasteiger partial charge in [-0.1, -0.05) is 24.3 Å². The highest BCUT2D eigenvalue weighted by molar-refractivity contribution is 5.65. The largest absolute Gasteiger partial charge is 0.328 e. The molecule has 0 saturated heterocycles. The zero-order valence-electron chi connectivity index (χ0n) is 11.2.